The summed E-state index contributed by atoms with van der Waals surface area (Å²) in [4.78, 5) is 18.9. The van der Waals surface area contributed by atoms with E-state index in [4.69, 9.17) is 28.6 Å². The zero-order valence-electron chi connectivity index (χ0n) is 41.4. The van der Waals surface area contributed by atoms with E-state index in [0.717, 1.165) is 16.7 Å². The van der Waals surface area contributed by atoms with Crippen LogP contribution in [-0.2, 0) is 23.7 Å². The van der Waals surface area contributed by atoms with E-state index in [1.165, 1.54) is 26.6 Å². The Morgan fingerprint density at radius 1 is 1.08 bits per heavy atom. The summed E-state index contributed by atoms with van der Waals surface area (Å²) < 4.78 is 30.2. The Morgan fingerprint density at radius 3 is 2.38 bits per heavy atom. The van der Waals surface area contributed by atoms with Crippen LogP contribution < -0.4 is 5.32 Å². The number of nitrogens with zero attached hydrogens (tertiary/aromatic N) is 3. The number of nitrogens with one attached hydrogen (secondary N) is 1. The molecule has 3 rings (SSSR count). The topological polar surface area (TPSA) is 240 Å². The highest BCUT2D eigenvalue weighted by Gasteiger charge is 2.66. The summed E-state index contributed by atoms with van der Waals surface area (Å²) in [5.74, 6) is -2.91. The lowest BCUT2D eigenvalue weighted by molar-refractivity contribution is -0.334. The lowest BCUT2D eigenvalue weighted by atomic mass is 9.72. The van der Waals surface area contributed by atoms with E-state index in [1.807, 2.05) is 91.8 Å². The number of oxazole rings is 1. The first kappa shape index (κ1) is 56.8. The molecule has 1 spiro atoms. The quantitative estimate of drug-likeness (QED) is 0.0555. The maximum absolute atomic E-state index is 12.6. The van der Waals surface area contributed by atoms with Crippen LogP contribution in [0.2, 0.25) is 0 Å². The van der Waals surface area contributed by atoms with Gasteiger partial charge in [0.15, 0.2) is 17.8 Å². The second-order valence-corrected chi connectivity index (χ2v) is 19.3. The fourth-order valence-electron chi connectivity index (χ4n) is 8.64. The Bertz CT molecular complexity index is 1890. The fraction of sp³-hybridized carbons (Fsp3) is 0.700. The number of aromatic nitrogens is 1. The minimum absolute atomic E-state index is 0.0649. The zero-order valence-corrected chi connectivity index (χ0v) is 41.4. The van der Waals surface area contributed by atoms with E-state index in [-0.39, 0.29) is 43.7 Å². The van der Waals surface area contributed by atoms with Gasteiger partial charge in [0.05, 0.1) is 55.3 Å². The van der Waals surface area contributed by atoms with E-state index in [1.54, 1.807) is 32.0 Å². The molecule has 66 heavy (non-hydrogen) atoms. The van der Waals surface area contributed by atoms with Gasteiger partial charge in [-0.2, -0.15) is 5.26 Å². The van der Waals surface area contributed by atoms with Crippen molar-refractivity contribution in [2.24, 2.45) is 23.2 Å². The van der Waals surface area contributed by atoms with E-state index in [9.17, 15) is 35.4 Å². The summed E-state index contributed by atoms with van der Waals surface area (Å²) in [5, 5.41) is 78.6. The van der Waals surface area contributed by atoms with Crippen molar-refractivity contribution in [3.63, 3.8) is 0 Å². The van der Waals surface area contributed by atoms with Gasteiger partial charge in [-0.05, 0) is 64.9 Å². The van der Waals surface area contributed by atoms with Crippen molar-refractivity contribution in [2.75, 3.05) is 41.5 Å². The molecule has 16 heteroatoms. The molecular formula is C50H80N4O12. The minimum Gasteiger partial charge on any atom is -0.448 e. The number of aliphatic hydroxyl groups excluding tert-OH is 6. The van der Waals surface area contributed by atoms with Crippen LogP contribution in [0.1, 0.15) is 105 Å². The van der Waals surface area contributed by atoms with Crippen molar-refractivity contribution in [1.82, 2.24) is 15.2 Å². The molecule has 0 unspecified atom stereocenters. The maximum atomic E-state index is 12.6. The third-order valence-electron chi connectivity index (χ3n) is 13.8. The Morgan fingerprint density at radius 2 is 1.76 bits per heavy atom. The predicted molar refractivity (Wildman–Crippen MR) is 251 cm³/mol. The van der Waals surface area contributed by atoms with Crippen LogP contribution in [0.4, 0.5) is 0 Å². The number of likely N-dealkylation sites (N-methyl/N-ethyl adjacent to an activating group) is 1. The van der Waals surface area contributed by atoms with Crippen LogP contribution >= 0.6 is 0 Å². The van der Waals surface area contributed by atoms with Crippen molar-refractivity contribution in [1.29, 1.82) is 5.26 Å². The Balaban J connectivity index is 1.63. The van der Waals surface area contributed by atoms with E-state index >= 15 is 0 Å². The molecule has 372 valence electrons. The average Bonchev–Trinajstić information content (AvgIpc) is 3.81. The van der Waals surface area contributed by atoms with Gasteiger partial charge in [0.2, 0.25) is 0 Å². The van der Waals surface area contributed by atoms with Crippen LogP contribution in [0.15, 0.2) is 63.9 Å². The Hall–Kier alpha value is -3.57. The Kier molecular flexibility index (Phi) is 22.1. The van der Waals surface area contributed by atoms with Gasteiger partial charge in [-0.25, -0.2) is 4.98 Å². The number of rotatable bonds is 24. The minimum atomic E-state index is -1.63. The molecule has 1 aromatic rings. The highest BCUT2D eigenvalue weighted by molar-refractivity contribution is 5.81. The number of methoxy groups -OCH3 is 2. The van der Waals surface area contributed by atoms with Crippen molar-refractivity contribution in [3.8, 4) is 6.07 Å². The van der Waals surface area contributed by atoms with E-state index < -0.39 is 84.0 Å². The summed E-state index contributed by atoms with van der Waals surface area (Å²) in [7, 11) is 6.43. The van der Waals surface area contributed by atoms with Crippen molar-refractivity contribution >= 4 is 12.0 Å². The maximum Gasteiger partial charge on any atom is 0.251 e. The number of amides is 1. The summed E-state index contributed by atoms with van der Waals surface area (Å²) in [6, 6.07) is 1.44. The van der Waals surface area contributed by atoms with Crippen LogP contribution in [0.25, 0.3) is 6.08 Å². The fourth-order valence-corrected chi connectivity index (χ4v) is 8.64. The normalized spacial score (nSPS) is 28.3. The largest absolute Gasteiger partial charge is 0.448 e. The molecule has 1 aromatic heterocycles. The monoisotopic (exact) mass is 929 g/mol. The van der Waals surface area contributed by atoms with Crippen LogP contribution in [0.3, 0.4) is 0 Å². The number of aliphatic hydroxyl groups is 6. The van der Waals surface area contributed by atoms with Crippen molar-refractivity contribution in [2.45, 2.75) is 161 Å². The number of ether oxygens (including phenoxy) is 4. The van der Waals surface area contributed by atoms with Gasteiger partial charge in [0.25, 0.3) is 5.91 Å². The van der Waals surface area contributed by atoms with Gasteiger partial charge >= 0.3 is 0 Å². The molecule has 7 N–H and O–H groups in total. The molecule has 15 atom stereocenters. The molecule has 3 heterocycles. The molecule has 2 fully saturated rings. The molecule has 1 amide bonds. The molecule has 0 aliphatic carbocycles. The summed E-state index contributed by atoms with van der Waals surface area (Å²) in [6.45, 7) is 17.3. The second kappa shape index (κ2) is 25.7. The lowest BCUT2D eigenvalue weighted by Crippen LogP contribution is -2.58. The third kappa shape index (κ3) is 14.5. The van der Waals surface area contributed by atoms with Gasteiger partial charge in [-0.1, -0.05) is 77.5 Å². The SMILES string of the molecule is COC[C@@H]([C@H](O)[C@H](O)C(=O)NCC[C@H](C)c1nc(/C=C/C[C@@H]2O[C@]3(C[C@@H](O)[C@@H]2C)O[C@H]([C@H](C[C@H](O)[C@H](C)[C@H](O)[C@H](C)/C=C(C)/C(C)=C/C=C/C(C)=C\C#N)OC)[C@H](O)C3(C)C)co1)N(C)C. The van der Waals surface area contributed by atoms with Crippen LogP contribution in [0, 0.1) is 34.5 Å². The molecule has 2 aliphatic rings. The summed E-state index contributed by atoms with van der Waals surface area (Å²) in [5.41, 5.74) is 2.38. The zero-order chi connectivity index (χ0) is 49.7. The molecule has 2 aliphatic heterocycles. The predicted octanol–water partition coefficient (Wildman–Crippen LogP) is 4.57. The van der Waals surface area contributed by atoms with E-state index in [2.05, 4.69) is 10.3 Å². The van der Waals surface area contributed by atoms with Gasteiger partial charge in [-0.3, -0.25) is 4.79 Å². The average molecular weight is 929 g/mol. The summed E-state index contributed by atoms with van der Waals surface area (Å²) >= 11 is 0. The molecule has 0 bridgehead atoms. The van der Waals surface area contributed by atoms with Crippen molar-refractivity contribution in [3.05, 3.63) is 71.0 Å². The van der Waals surface area contributed by atoms with E-state index in [0.29, 0.717) is 24.4 Å². The third-order valence-corrected chi connectivity index (χ3v) is 13.8. The lowest BCUT2D eigenvalue weighted by Gasteiger charge is -2.49. The van der Waals surface area contributed by atoms with Gasteiger partial charge in [0, 0.05) is 68.8 Å². The first-order valence-electron chi connectivity index (χ1n) is 23.1. The van der Waals surface area contributed by atoms with Gasteiger partial charge in [0.1, 0.15) is 24.2 Å². The molecule has 0 saturated carbocycles. The highest BCUT2D eigenvalue weighted by Crippen LogP contribution is 2.55. The standard InChI is InChI=1S/C50H80N4O12/c1-29(20-22-51)16-14-17-30(2)32(4)24-33(5)42(57)35(7)38(55)25-41(63-13)45-46(60)49(8,9)50(66-45)26-39(56)34(6)40(65-50)19-15-18-36-27-64-48(53-36)31(3)21-23-52-47(61)44(59)43(58)37(28-62-12)54(10)11/h14-18,20,24,27,31,33-35,37-46,55-60H,19,21,23,25-26,28H2,1-13H3,(H,52,61)/b16-14+,18-15+,29-20-,30-17+,32-24+/t31-,33+,34-,35-,37-,38-,39+,40-,41-,42+,43-,44-,45+,46-,50+/m0/s1. The van der Waals surface area contributed by atoms with Crippen LogP contribution in [-0.4, -0.2) is 155 Å². The number of carbonyl (C=O) groups is 1. The second-order valence-electron chi connectivity index (χ2n) is 19.3. The van der Waals surface area contributed by atoms with Gasteiger partial charge in [-0.15, -0.1) is 0 Å². The summed E-state index contributed by atoms with van der Waals surface area (Å²) in [6.07, 6.45) is 6.39. The number of nitriles is 1. The number of hydrogen-bond donors (Lipinski definition) is 7. The Labute approximate surface area is 392 Å². The van der Waals surface area contributed by atoms with Crippen molar-refractivity contribution < 1.29 is 58.8 Å². The van der Waals surface area contributed by atoms with Gasteiger partial charge < -0.3 is 64.2 Å². The molecule has 16 nitrogen and oxygen atoms in total. The molecular weight excluding hydrogens is 849 g/mol. The first-order valence-corrected chi connectivity index (χ1v) is 23.1. The first-order chi connectivity index (χ1) is 31.0. The molecule has 0 aromatic carbocycles. The molecule has 2 saturated heterocycles. The number of hydrogen-bond acceptors (Lipinski definition) is 15. The smallest absolute Gasteiger partial charge is 0.251 e. The highest BCUT2D eigenvalue weighted by atomic mass is 16.7. The molecule has 0 radical (unpaired) electrons. The van der Waals surface area contributed by atoms with Crippen LogP contribution in [0.5, 0.6) is 0 Å². The number of carbonyl (C=O) groups excluding carboxylic acids is 1. The number of allylic oxidation sites excluding steroid dienone is 7.